The number of benzene rings is 1. The molecule has 0 radical (unpaired) electrons. The first kappa shape index (κ1) is 21.2. The molecule has 28 heavy (non-hydrogen) atoms. The second-order valence-corrected chi connectivity index (χ2v) is 6.65. The molecule has 0 aliphatic rings. The minimum atomic E-state index is -5.06. The molecule has 1 heterocycles. The number of aromatic nitrogens is 1. The Balaban J connectivity index is 2.27. The van der Waals surface area contributed by atoms with E-state index >= 15 is 0 Å². The largest absolute Gasteiger partial charge is 0.452 e. The summed E-state index contributed by atoms with van der Waals surface area (Å²) in [5.74, 6) is -3.64. The van der Waals surface area contributed by atoms with Crippen molar-refractivity contribution in [2.24, 2.45) is 5.92 Å². The van der Waals surface area contributed by atoms with Crippen LogP contribution >= 0.6 is 0 Å². The molecule has 150 valence electrons. The number of carbonyl (C=O) groups is 2. The van der Waals surface area contributed by atoms with E-state index in [9.17, 15) is 27.6 Å². The van der Waals surface area contributed by atoms with Crippen LogP contribution in [0.3, 0.4) is 0 Å². The van der Waals surface area contributed by atoms with E-state index in [0.717, 1.165) is 0 Å². The molecule has 2 aromatic rings. The lowest BCUT2D eigenvalue weighted by atomic mass is 9.98. The first-order valence-corrected chi connectivity index (χ1v) is 8.48. The van der Waals surface area contributed by atoms with Gasteiger partial charge in [-0.3, -0.25) is 14.4 Å². The van der Waals surface area contributed by atoms with Crippen LogP contribution in [0.1, 0.15) is 19.4 Å². The van der Waals surface area contributed by atoms with Gasteiger partial charge in [0.2, 0.25) is 5.91 Å². The van der Waals surface area contributed by atoms with E-state index < -0.39 is 41.8 Å². The predicted octanol–water partition coefficient (Wildman–Crippen LogP) is 2.44. The van der Waals surface area contributed by atoms with Crippen molar-refractivity contribution >= 4 is 17.4 Å². The molecule has 1 amide bonds. The summed E-state index contributed by atoms with van der Waals surface area (Å²) in [6.45, 7) is 2.79. The summed E-state index contributed by atoms with van der Waals surface area (Å²) in [5, 5.41) is 2.10. The first-order chi connectivity index (χ1) is 13.0. The summed E-state index contributed by atoms with van der Waals surface area (Å²) in [6.07, 6.45) is -5.50. The number of amides is 1. The molecule has 1 unspecified atom stereocenters. The van der Waals surface area contributed by atoms with Crippen LogP contribution in [0.25, 0.3) is 11.3 Å². The van der Waals surface area contributed by atoms with Gasteiger partial charge in [-0.25, -0.2) is 0 Å². The van der Waals surface area contributed by atoms with Crippen molar-refractivity contribution in [2.75, 3.05) is 5.73 Å². The molecule has 6 nitrogen and oxygen atoms in total. The van der Waals surface area contributed by atoms with Gasteiger partial charge in [-0.05, 0) is 23.1 Å². The summed E-state index contributed by atoms with van der Waals surface area (Å²) in [4.78, 5) is 38.5. The fourth-order valence-electron chi connectivity index (χ4n) is 2.65. The second-order valence-electron chi connectivity index (χ2n) is 6.65. The van der Waals surface area contributed by atoms with Crippen LogP contribution in [0.15, 0.2) is 41.2 Å². The van der Waals surface area contributed by atoms with Crippen LogP contribution in [-0.2, 0) is 16.0 Å². The van der Waals surface area contributed by atoms with Crippen molar-refractivity contribution in [3.8, 4) is 11.3 Å². The number of Topliss-reactive ketones (excluding diaryl/α,β-unsaturated/α-hetero) is 1. The Hall–Kier alpha value is -3.10. The minimum absolute atomic E-state index is 0.155. The summed E-state index contributed by atoms with van der Waals surface area (Å²) in [5.41, 5.74) is 6.14. The zero-order valence-corrected chi connectivity index (χ0v) is 15.3. The van der Waals surface area contributed by atoms with Crippen LogP contribution in [0.5, 0.6) is 0 Å². The van der Waals surface area contributed by atoms with Crippen LogP contribution in [0.4, 0.5) is 18.9 Å². The molecule has 0 bridgehead atoms. The Morgan fingerprint density at radius 3 is 2.32 bits per heavy atom. The summed E-state index contributed by atoms with van der Waals surface area (Å²) < 4.78 is 38.2. The number of alkyl halides is 3. The highest BCUT2D eigenvalue weighted by Crippen LogP contribution is 2.22. The molecular formula is C19H20F3N3O3. The number of aromatic amines is 1. The number of pyridine rings is 1. The van der Waals surface area contributed by atoms with Crippen LogP contribution < -0.4 is 16.6 Å². The van der Waals surface area contributed by atoms with Crippen molar-refractivity contribution in [3.05, 3.63) is 52.3 Å². The summed E-state index contributed by atoms with van der Waals surface area (Å²) in [7, 11) is 0. The number of ketones is 1. The lowest BCUT2D eigenvalue weighted by molar-refractivity contribution is -0.174. The van der Waals surface area contributed by atoms with Crippen LogP contribution in [0.2, 0.25) is 0 Å². The predicted molar refractivity (Wildman–Crippen MR) is 98.4 cm³/mol. The Bertz CT molecular complexity index is 922. The lowest BCUT2D eigenvalue weighted by Crippen LogP contribution is -2.50. The number of hydrogen-bond acceptors (Lipinski definition) is 4. The number of anilines is 1. The van der Waals surface area contributed by atoms with E-state index in [0.29, 0.717) is 11.3 Å². The van der Waals surface area contributed by atoms with E-state index in [1.807, 2.05) is 0 Å². The Labute approximate surface area is 158 Å². The van der Waals surface area contributed by atoms with Gasteiger partial charge in [0, 0.05) is 5.69 Å². The number of nitrogen functional groups attached to an aromatic ring is 1. The zero-order valence-electron chi connectivity index (χ0n) is 15.3. The standard InChI is InChI=1S/C19H20F3N3O3/c1-10(2)16(17(27)19(20,21)22)25-14(26)9-12-8-13(24-18(28)15(12)23)11-6-4-3-5-7-11/h3-8,10,16H,9,23H2,1-2H3,(H,24,28)(H,25,26). The summed E-state index contributed by atoms with van der Waals surface area (Å²) in [6, 6.07) is 8.55. The molecule has 4 N–H and O–H groups in total. The highest BCUT2D eigenvalue weighted by molar-refractivity contribution is 5.93. The topological polar surface area (TPSA) is 105 Å². The zero-order chi connectivity index (χ0) is 21.1. The number of nitrogens with two attached hydrogens (primary N) is 1. The Kier molecular flexibility index (Phi) is 6.27. The lowest BCUT2D eigenvalue weighted by Gasteiger charge is -2.22. The van der Waals surface area contributed by atoms with Crippen molar-refractivity contribution < 1.29 is 22.8 Å². The van der Waals surface area contributed by atoms with E-state index in [1.54, 1.807) is 30.3 Å². The first-order valence-electron chi connectivity index (χ1n) is 8.48. The maximum Gasteiger partial charge on any atom is 0.452 e. The van der Waals surface area contributed by atoms with Gasteiger partial charge in [0.15, 0.2) is 0 Å². The van der Waals surface area contributed by atoms with Gasteiger partial charge >= 0.3 is 6.18 Å². The maximum atomic E-state index is 12.7. The summed E-state index contributed by atoms with van der Waals surface area (Å²) >= 11 is 0. The van der Waals surface area contributed by atoms with Crippen molar-refractivity contribution in [1.82, 2.24) is 10.3 Å². The van der Waals surface area contributed by atoms with Gasteiger partial charge in [0.25, 0.3) is 11.3 Å². The molecule has 1 aromatic heterocycles. The maximum absolute atomic E-state index is 12.7. The van der Waals surface area contributed by atoms with Crippen molar-refractivity contribution in [3.63, 3.8) is 0 Å². The monoisotopic (exact) mass is 395 g/mol. The number of nitrogens with one attached hydrogen (secondary N) is 2. The molecule has 0 fully saturated rings. The fraction of sp³-hybridized carbons (Fsp3) is 0.316. The van der Waals surface area contributed by atoms with Gasteiger partial charge in [-0.15, -0.1) is 0 Å². The van der Waals surface area contributed by atoms with Gasteiger partial charge in [0.05, 0.1) is 12.5 Å². The molecule has 1 aromatic carbocycles. The van der Waals surface area contributed by atoms with E-state index in [2.05, 4.69) is 10.3 Å². The van der Waals surface area contributed by atoms with Gasteiger partial charge in [0.1, 0.15) is 5.69 Å². The average molecular weight is 395 g/mol. The number of rotatable bonds is 6. The molecule has 0 spiro atoms. The van der Waals surface area contributed by atoms with Gasteiger partial charge in [-0.2, -0.15) is 13.2 Å². The number of carbonyl (C=O) groups excluding carboxylic acids is 2. The molecule has 0 aliphatic heterocycles. The molecule has 0 aliphatic carbocycles. The SMILES string of the molecule is CC(C)C(NC(=O)Cc1cc(-c2ccccc2)[nH]c(=O)c1N)C(=O)C(F)(F)F. The van der Waals surface area contributed by atoms with Gasteiger partial charge < -0.3 is 16.0 Å². The van der Waals surface area contributed by atoms with Crippen molar-refractivity contribution in [2.45, 2.75) is 32.5 Å². The average Bonchev–Trinajstić information content (AvgIpc) is 2.62. The molecule has 0 saturated heterocycles. The third-order valence-corrected chi connectivity index (χ3v) is 4.14. The fourth-order valence-corrected chi connectivity index (χ4v) is 2.65. The quantitative estimate of drug-likeness (QED) is 0.699. The molecule has 1 atom stereocenters. The van der Waals surface area contributed by atoms with E-state index in [4.69, 9.17) is 5.73 Å². The highest BCUT2D eigenvalue weighted by Gasteiger charge is 2.44. The molecule has 0 saturated carbocycles. The van der Waals surface area contributed by atoms with Crippen molar-refractivity contribution in [1.29, 1.82) is 0 Å². The normalized spacial score (nSPS) is 12.6. The van der Waals surface area contributed by atoms with Crippen LogP contribution in [0, 0.1) is 5.92 Å². The third kappa shape index (κ3) is 4.99. The smallest absolute Gasteiger partial charge is 0.394 e. The van der Waals surface area contributed by atoms with E-state index in [1.165, 1.54) is 19.9 Å². The highest BCUT2D eigenvalue weighted by atomic mass is 19.4. The van der Waals surface area contributed by atoms with Crippen LogP contribution in [-0.4, -0.2) is 28.9 Å². The molecule has 9 heteroatoms. The number of halogens is 3. The Morgan fingerprint density at radius 1 is 1.18 bits per heavy atom. The van der Waals surface area contributed by atoms with Gasteiger partial charge in [-0.1, -0.05) is 44.2 Å². The van der Waals surface area contributed by atoms with E-state index in [-0.39, 0.29) is 11.3 Å². The molecule has 2 rings (SSSR count). The number of H-pyrrole nitrogens is 1. The minimum Gasteiger partial charge on any atom is -0.394 e. The molecular weight excluding hydrogens is 375 g/mol. The Morgan fingerprint density at radius 2 is 1.79 bits per heavy atom. The second kappa shape index (κ2) is 8.28. The third-order valence-electron chi connectivity index (χ3n) is 4.14. The number of hydrogen-bond donors (Lipinski definition) is 3.